The highest BCUT2D eigenvalue weighted by atomic mass is 127. The lowest BCUT2D eigenvalue weighted by atomic mass is 10.2. The number of guanidine groups is 1. The van der Waals surface area contributed by atoms with E-state index in [9.17, 15) is 0 Å². The van der Waals surface area contributed by atoms with Gasteiger partial charge in [0.2, 0.25) is 0 Å². The molecule has 0 saturated carbocycles. The van der Waals surface area contributed by atoms with Crippen LogP contribution in [0.25, 0.3) is 0 Å². The number of halogens is 1. The van der Waals surface area contributed by atoms with Crippen molar-refractivity contribution in [3.63, 3.8) is 0 Å². The van der Waals surface area contributed by atoms with Gasteiger partial charge in [-0.15, -0.1) is 24.0 Å². The third-order valence-corrected chi connectivity index (χ3v) is 5.59. The van der Waals surface area contributed by atoms with Gasteiger partial charge in [-0.3, -0.25) is 4.90 Å². The van der Waals surface area contributed by atoms with Crippen LogP contribution in [0.5, 0.6) is 0 Å². The second-order valence-corrected chi connectivity index (χ2v) is 7.94. The summed E-state index contributed by atoms with van der Waals surface area (Å²) < 4.78 is 5.07. The fraction of sp³-hybridized carbons (Fsp3) is 0.480. The van der Waals surface area contributed by atoms with E-state index in [0.717, 1.165) is 37.8 Å². The Hall–Kier alpha value is -1.84. The van der Waals surface area contributed by atoms with Crippen molar-refractivity contribution in [1.82, 2.24) is 15.5 Å². The van der Waals surface area contributed by atoms with E-state index in [1.807, 2.05) is 0 Å². The quantitative estimate of drug-likeness (QED) is 0.170. The van der Waals surface area contributed by atoms with Crippen LogP contribution in [0.15, 0.2) is 59.6 Å². The van der Waals surface area contributed by atoms with E-state index in [0.29, 0.717) is 19.2 Å². The van der Waals surface area contributed by atoms with Crippen molar-refractivity contribution < 1.29 is 4.74 Å². The van der Waals surface area contributed by atoms with Gasteiger partial charge in [-0.25, -0.2) is 4.99 Å². The number of anilines is 1. The number of nitrogens with one attached hydrogen (secondary N) is 3. The van der Waals surface area contributed by atoms with E-state index >= 15 is 0 Å². The van der Waals surface area contributed by atoms with Crippen molar-refractivity contribution in [2.24, 2.45) is 4.99 Å². The van der Waals surface area contributed by atoms with Crippen LogP contribution in [0, 0.1) is 0 Å². The average Bonchev–Trinajstić information content (AvgIpc) is 3.24. The third kappa shape index (κ3) is 8.96. The van der Waals surface area contributed by atoms with Crippen LogP contribution in [-0.2, 0) is 17.8 Å². The summed E-state index contributed by atoms with van der Waals surface area (Å²) in [7, 11) is 1.71. The second-order valence-electron chi connectivity index (χ2n) is 7.94. The highest BCUT2D eigenvalue weighted by molar-refractivity contribution is 14.0. The first-order chi connectivity index (χ1) is 15.3. The minimum atomic E-state index is 0. The number of likely N-dealkylation sites (tertiary alicyclic amines) is 1. The maximum Gasteiger partial charge on any atom is 0.191 e. The summed E-state index contributed by atoms with van der Waals surface area (Å²) in [4.78, 5) is 7.38. The van der Waals surface area contributed by atoms with Gasteiger partial charge in [0.15, 0.2) is 5.96 Å². The predicted molar refractivity (Wildman–Crippen MR) is 145 cm³/mol. The van der Waals surface area contributed by atoms with Crippen molar-refractivity contribution in [2.75, 3.05) is 45.2 Å². The molecule has 3 N–H and O–H groups in total. The summed E-state index contributed by atoms with van der Waals surface area (Å²) in [5, 5.41) is 10.3. The van der Waals surface area contributed by atoms with Gasteiger partial charge < -0.3 is 20.7 Å². The summed E-state index contributed by atoms with van der Waals surface area (Å²) >= 11 is 0. The Morgan fingerprint density at radius 2 is 1.84 bits per heavy atom. The van der Waals surface area contributed by atoms with Crippen LogP contribution < -0.4 is 16.0 Å². The fourth-order valence-electron chi connectivity index (χ4n) is 3.90. The SMILES string of the molecule is CCNC(=NCc1ccc(NCCOC)cc1)NCC1CCCN1Cc1ccccc1.I. The number of aliphatic imine (C=N–C) groups is 1. The lowest BCUT2D eigenvalue weighted by Gasteiger charge is -2.25. The molecule has 2 aromatic rings. The smallest absolute Gasteiger partial charge is 0.191 e. The predicted octanol–water partition coefficient (Wildman–Crippen LogP) is 4.08. The Balaban J connectivity index is 0.00000363. The maximum absolute atomic E-state index is 5.07. The fourth-order valence-corrected chi connectivity index (χ4v) is 3.90. The first-order valence-corrected chi connectivity index (χ1v) is 11.4. The van der Waals surface area contributed by atoms with Gasteiger partial charge in [0.05, 0.1) is 13.2 Å². The third-order valence-electron chi connectivity index (χ3n) is 5.59. The molecule has 0 bridgehead atoms. The van der Waals surface area contributed by atoms with Crippen molar-refractivity contribution >= 4 is 35.6 Å². The largest absolute Gasteiger partial charge is 0.383 e. The molecule has 1 atom stereocenters. The van der Waals surface area contributed by atoms with E-state index in [1.54, 1.807) is 7.11 Å². The molecule has 176 valence electrons. The molecule has 1 fully saturated rings. The molecule has 0 amide bonds. The van der Waals surface area contributed by atoms with E-state index in [-0.39, 0.29) is 24.0 Å². The normalized spacial score (nSPS) is 16.4. The number of benzene rings is 2. The number of rotatable bonds is 11. The van der Waals surface area contributed by atoms with E-state index < -0.39 is 0 Å². The van der Waals surface area contributed by atoms with E-state index in [1.165, 1.54) is 30.5 Å². The van der Waals surface area contributed by atoms with Gasteiger partial charge in [-0.05, 0) is 49.6 Å². The first kappa shape index (κ1) is 26.4. The zero-order valence-electron chi connectivity index (χ0n) is 19.3. The number of ether oxygens (including phenoxy) is 1. The zero-order chi connectivity index (χ0) is 21.7. The van der Waals surface area contributed by atoms with Gasteiger partial charge in [0.1, 0.15) is 0 Å². The zero-order valence-corrected chi connectivity index (χ0v) is 21.7. The lowest BCUT2D eigenvalue weighted by Crippen LogP contribution is -2.44. The average molecular weight is 552 g/mol. The van der Waals surface area contributed by atoms with Crippen molar-refractivity contribution in [2.45, 2.75) is 38.9 Å². The van der Waals surface area contributed by atoms with Gasteiger partial charge in [0.25, 0.3) is 0 Å². The number of nitrogens with zero attached hydrogens (tertiary/aromatic N) is 2. The molecular formula is C25H38IN5O. The summed E-state index contributed by atoms with van der Waals surface area (Å²) in [6.45, 7) is 8.23. The molecule has 7 heteroatoms. The molecule has 1 aliphatic heterocycles. The van der Waals surface area contributed by atoms with Crippen molar-refractivity contribution in [3.8, 4) is 0 Å². The van der Waals surface area contributed by atoms with Crippen LogP contribution in [0.3, 0.4) is 0 Å². The minimum absolute atomic E-state index is 0. The molecule has 6 nitrogen and oxygen atoms in total. The summed E-state index contributed by atoms with van der Waals surface area (Å²) in [5.74, 6) is 0.886. The standard InChI is InChI=1S/C25H37N5O.HI/c1-3-26-25(28-18-21-11-13-23(14-12-21)27-15-17-31-2)29-19-24-10-7-16-30(24)20-22-8-5-4-6-9-22;/h4-6,8-9,11-14,24,27H,3,7,10,15-20H2,1-2H3,(H2,26,28,29);1H. The van der Waals surface area contributed by atoms with Crippen molar-refractivity contribution in [3.05, 3.63) is 65.7 Å². The van der Waals surface area contributed by atoms with Crippen LogP contribution >= 0.6 is 24.0 Å². The van der Waals surface area contributed by atoms with Crippen LogP contribution in [0.4, 0.5) is 5.69 Å². The molecule has 32 heavy (non-hydrogen) atoms. The van der Waals surface area contributed by atoms with Gasteiger partial charge in [-0.1, -0.05) is 42.5 Å². The maximum atomic E-state index is 5.07. The molecule has 1 heterocycles. The Labute approximate surface area is 210 Å². The monoisotopic (exact) mass is 551 g/mol. The van der Waals surface area contributed by atoms with Crippen LogP contribution in [0.1, 0.15) is 30.9 Å². The van der Waals surface area contributed by atoms with Gasteiger partial charge in [0, 0.05) is 45.0 Å². The topological polar surface area (TPSA) is 60.9 Å². The number of hydrogen-bond donors (Lipinski definition) is 3. The molecule has 1 unspecified atom stereocenters. The lowest BCUT2D eigenvalue weighted by molar-refractivity contribution is 0.211. The molecule has 3 rings (SSSR count). The van der Waals surface area contributed by atoms with Gasteiger partial charge in [-0.2, -0.15) is 0 Å². The Bertz CT molecular complexity index is 785. The molecule has 0 aliphatic carbocycles. The highest BCUT2D eigenvalue weighted by Crippen LogP contribution is 2.19. The second kappa shape index (κ2) is 15.1. The van der Waals surface area contributed by atoms with Gasteiger partial charge >= 0.3 is 0 Å². The molecule has 1 aliphatic rings. The van der Waals surface area contributed by atoms with Crippen molar-refractivity contribution in [1.29, 1.82) is 0 Å². The van der Waals surface area contributed by atoms with Crippen LogP contribution in [-0.4, -0.2) is 56.8 Å². The first-order valence-electron chi connectivity index (χ1n) is 11.4. The molecule has 1 saturated heterocycles. The number of hydrogen-bond acceptors (Lipinski definition) is 4. The Morgan fingerprint density at radius 1 is 1.06 bits per heavy atom. The molecule has 2 aromatic carbocycles. The summed E-state index contributed by atoms with van der Waals surface area (Å²) in [6.07, 6.45) is 2.49. The molecule has 0 aromatic heterocycles. The number of methoxy groups -OCH3 is 1. The van der Waals surface area contributed by atoms with E-state index in [4.69, 9.17) is 9.73 Å². The van der Waals surface area contributed by atoms with Crippen LogP contribution in [0.2, 0.25) is 0 Å². The summed E-state index contributed by atoms with van der Waals surface area (Å²) in [5.41, 5.74) is 3.69. The minimum Gasteiger partial charge on any atom is -0.383 e. The molecular weight excluding hydrogens is 513 g/mol. The Kier molecular flexibility index (Phi) is 12.4. The molecule has 0 spiro atoms. The molecule has 0 radical (unpaired) electrons. The Morgan fingerprint density at radius 3 is 2.56 bits per heavy atom. The highest BCUT2D eigenvalue weighted by Gasteiger charge is 2.24. The summed E-state index contributed by atoms with van der Waals surface area (Å²) in [6, 6.07) is 19.7. The van der Waals surface area contributed by atoms with E-state index in [2.05, 4.69) is 82.4 Å².